The van der Waals surface area contributed by atoms with E-state index in [2.05, 4.69) is 10.6 Å². The summed E-state index contributed by atoms with van der Waals surface area (Å²) in [5.74, 6) is 0.275. The Bertz CT molecular complexity index is 799. The topological polar surface area (TPSA) is 98.8 Å². The lowest BCUT2D eigenvalue weighted by Crippen LogP contribution is -2.59. The second-order valence-electron chi connectivity index (χ2n) is 10.6. The Morgan fingerprint density at radius 2 is 1.81 bits per heavy atom. The van der Waals surface area contributed by atoms with Crippen LogP contribution >= 0.6 is 0 Å². The largest absolute Gasteiger partial charge is 0.338 e. The molecule has 2 aliphatic heterocycles. The molecule has 8 nitrogen and oxygen atoms in total. The molecule has 3 atom stereocenters. The summed E-state index contributed by atoms with van der Waals surface area (Å²) >= 11 is 0. The fourth-order valence-electron chi connectivity index (χ4n) is 5.78. The molecule has 3 aliphatic carbocycles. The quantitative estimate of drug-likeness (QED) is 0.626. The van der Waals surface area contributed by atoms with Crippen molar-refractivity contribution in [3.8, 4) is 0 Å². The molecular formula is C23H34N4O4. The van der Waals surface area contributed by atoms with Crippen LogP contribution in [0.5, 0.6) is 0 Å². The molecular weight excluding hydrogens is 396 g/mol. The fraction of sp³-hybridized carbons (Fsp3) is 0.826. The zero-order valence-electron chi connectivity index (χ0n) is 18.6. The maximum Gasteiger partial charge on any atom is 0.315 e. The van der Waals surface area contributed by atoms with Crippen LogP contribution in [0, 0.1) is 23.2 Å². The van der Waals surface area contributed by atoms with Crippen molar-refractivity contribution < 1.29 is 19.2 Å². The third-order valence-electron chi connectivity index (χ3n) is 8.07. The number of nitrogens with one attached hydrogen (secondary N) is 2. The standard InChI is InChI=1S/C23H34N4O4/c1-13(2)17(25-22(31)24-12-14-4-5-14)20(29)26-11-8-16-18(26)23(9-3-10-23)21(30)27(16)19(28)15-6-7-15/h13-18H,3-12H2,1-2H3,(H2,24,25,31)/t16-,17-,18-/m0/s1. The highest BCUT2D eigenvalue weighted by molar-refractivity contribution is 6.04. The molecule has 1 spiro atoms. The predicted octanol–water partition coefficient (Wildman–Crippen LogP) is 1.64. The van der Waals surface area contributed by atoms with E-state index in [0.717, 1.165) is 44.9 Å². The van der Waals surface area contributed by atoms with Crippen LogP contribution < -0.4 is 10.6 Å². The van der Waals surface area contributed by atoms with Crippen molar-refractivity contribution in [2.24, 2.45) is 23.2 Å². The molecule has 2 saturated heterocycles. The average Bonchev–Trinajstić information content (AvgIpc) is 3.61. The van der Waals surface area contributed by atoms with E-state index in [-0.39, 0.29) is 47.7 Å². The van der Waals surface area contributed by atoms with E-state index in [9.17, 15) is 19.2 Å². The summed E-state index contributed by atoms with van der Waals surface area (Å²) in [7, 11) is 0. The van der Waals surface area contributed by atoms with Crippen LogP contribution in [-0.2, 0) is 14.4 Å². The Morgan fingerprint density at radius 3 is 2.35 bits per heavy atom. The minimum Gasteiger partial charge on any atom is -0.338 e. The summed E-state index contributed by atoms with van der Waals surface area (Å²) in [6.45, 7) is 5.04. The number of carbonyl (C=O) groups excluding carboxylic acids is 4. The number of urea groups is 1. The van der Waals surface area contributed by atoms with Crippen LogP contribution in [-0.4, -0.2) is 64.8 Å². The molecule has 0 aromatic heterocycles. The Hall–Kier alpha value is -2.12. The monoisotopic (exact) mass is 430 g/mol. The first kappa shape index (κ1) is 20.8. The van der Waals surface area contributed by atoms with Crippen molar-refractivity contribution in [3.63, 3.8) is 0 Å². The lowest BCUT2D eigenvalue weighted by Gasteiger charge is -2.44. The SMILES string of the molecule is CC(C)[C@H](NC(=O)NCC1CC1)C(=O)N1CC[C@H]2[C@H]1C1(CCC1)C(=O)N2C(=O)C1CC1. The third kappa shape index (κ3) is 3.42. The summed E-state index contributed by atoms with van der Waals surface area (Å²) in [6, 6.07) is -1.40. The Kier molecular flexibility index (Phi) is 5.01. The molecule has 5 fully saturated rings. The van der Waals surface area contributed by atoms with Crippen LogP contribution in [0.15, 0.2) is 0 Å². The Morgan fingerprint density at radius 1 is 1.10 bits per heavy atom. The first-order valence-corrected chi connectivity index (χ1v) is 12.1. The Balaban J connectivity index is 1.34. The molecule has 5 aliphatic rings. The van der Waals surface area contributed by atoms with E-state index < -0.39 is 11.5 Å². The van der Waals surface area contributed by atoms with Gasteiger partial charge in [0, 0.05) is 19.0 Å². The number of likely N-dealkylation sites (tertiary alicyclic amines) is 2. The highest BCUT2D eigenvalue weighted by atomic mass is 16.2. The van der Waals surface area contributed by atoms with Crippen LogP contribution in [0.4, 0.5) is 4.79 Å². The van der Waals surface area contributed by atoms with Gasteiger partial charge in [-0.15, -0.1) is 0 Å². The number of hydrogen-bond donors (Lipinski definition) is 2. The molecule has 0 radical (unpaired) electrons. The van der Waals surface area contributed by atoms with Gasteiger partial charge < -0.3 is 15.5 Å². The molecule has 170 valence electrons. The van der Waals surface area contributed by atoms with Gasteiger partial charge in [0.25, 0.3) is 0 Å². The lowest BCUT2D eigenvalue weighted by molar-refractivity contribution is -0.152. The average molecular weight is 431 g/mol. The van der Waals surface area contributed by atoms with E-state index in [0.29, 0.717) is 25.4 Å². The van der Waals surface area contributed by atoms with Crippen molar-refractivity contribution in [2.75, 3.05) is 13.1 Å². The zero-order chi connectivity index (χ0) is 21.9. The minimum atomic E-state index is -0.640. The molecule has 0 bridgehead atoms. The van der Waals surface area contributed by atoms with Crippen LogP contribution in [0.25, 0.3) is 0 Å². The van der Waals surface area contributed by atoms with Gasteiger partial charge in [0.2, 0.25) is 17.7 Å². The van der Waals surface area contributed by atoms with Gasteiger partial charge in [-0.1, -0.05) is 20.3 Å². The molecule has 0 aromatic carbocycles. The zero-order valence-corrected chi connectivity index (χ0v) is 18.6. The van der Waals surface area contributed by atoms with Crippen LogP contribution in [0.3, 0.4) is 0 Å². The molecule has 2 N–H and O–H groups in total. The van der Waals surface area contributed by atoms with Crippen molar-refractivity contribution in [1.82, 2.24) is 20.4 Å². The number of fused-ring (bicyclic) bond motifs is 2. The van der Waals surface area contributed by atoms with Gasteiger partial charge in [0.1, 0.15) is 6.04 Å². The van der Waals surface area contributed by atoms with Crippen molar-refractivity contribution in [1.29, 1.82) is 0 Å². The normalized spacial score (nSPS) is 29.7. The highest BCUT2D eigenvalue weighted by Gasteiger charge is 2.68. The van der Waals surface area contributed by atoms with E-state index in [1.54, 1.807) is 0 Å². The third-order valence-corrected chi connectivity index (χ3v) is 8.07. The first-order chi connectivity index (χ1) is 14.8. The second kappa shape index (κ2) is 7.48. The number of nitrogens with zero attached hydrogens (tertiary/aromatic N) is 2. The molecule has 31 heavy (non-hydrogen) atoms. The van der Waals surface area contributed by atoms with Crippen molar-refractivity contribution in [3.05, 3.63) is 0 Å². The minimum absolute atomic E-state index is 0.00943. The van der Waals surface area contributed by atoms with Gasteiger partial charge in [0.05, 0.1) is 17.5 Å². The van der Waals surface area contributed by atoms with Gasteiger partial charge >= 0.3 is 6.03 Å². The van der Waals surface area contributed by atoms with E-state index in [1.165, 1.54) is 4.90 Å². The number of rotatable bonds is 6. The molecule has 5 rings (SSSR count). The van der Waals surface area contributed by atoms with Crippen LogP contribution in [0.2, 0.25) is 0 Å². The predicted molar refractivity (Wildman–Crippen MR) is 113 cm³/mol. The van der Waals surface area contributed by atoms with Gasteiger partial charge in [-0.3, -0.25) is 19.3 Å². The van der Waals surface area contributed by atoms with Crippen molar-refractivity contribution in [2.45, 2.75) is 83.3 Å². The van der Waals surface area contributed by atoms with Crippen LogP contribution in [0.1, 0.15) is 65.2 Å². The highest BCUT2D eigenvalue weighted by Crippen LogP contribution is 2.56. The first-order valence-electron chi connectivity index (χ1n) is 12.1. The van der Waals surface area contributed by atoms with Gasteiger partial charge in [-0.2, -0.15) is 0 Å². The lowest BCUT2D eigenvalue weighted by atomic mass is 9.64. The Labute approximate surface area is 183 Å². The van der Waals surface area contributed by atoms with Gasteiger partial charge in [-0.25, -0.2) is 4.79 Å². The maximum absolute atomic E-state index is 13.6. The summed E-state index contributed by atoms with van der Waals surface area (Å²) in [6.07, 6.45) is 7.11. The molecule has 0 unspecified atom stereocenters. The summed E-state index contributed by atoms with van der Waals surface area (Å²) < 4.78 is 0. The van der Waals surface area contributed by atoms with Gasteiger partial charge in [-0.05, 0) is 56.8 Å². The molecule has 0 aromatic rings. The number of carbonyl (C=O) groups is 4. The maximum atomic E-state index is 13.6. The van der Waals surface area contributed by atoms with E-state index in [4.69, 9.17) is 0 Å². The van der Waals surface area contributed by atoms with Crippen molar-refractivity contribution >= 4 is 23.8 Å². The molecule has 3 saturated carbocycles. The molecule has 5 amide bonds. The summed E-state index contributed by atoms with van der Waals surface area (Å²) in [5, 5.41) is 5.77. The summed E-state index contributed by atoms with van der Waals surface area (Å²) in [4.78, 5) is 55.7. The van der Waals surface area contributed by atoms with E-state index in [1.807, 2.05) is 18.7 Å². The van der Waals surface area contributed by atoms with Gasteiger partial charge in [0.15, 0.2) is 0 Å². The second-order valence-corrected chi connectivity index (χ2v) is 10.6. The summed E-state index contributed by atoms with van der Waals surface area (Å²) in [5.41, 5.74) is -0.600. The number of hydrogen-bond acceptors (Lipinski definition) is 4. The fourth-order valence-corrected chi connectivity index (χ4v) is 5.78. The number of amides is 5. The smallest absolute Gasteiger partial charge is 0.315 e. The molecule has 2 heterocycles. The number of imide groups is 1. The molecule has 8 heteroatoms. The van der Waals surface area contributed by atoms with E-state index >= 15 is 0 Å².